The standard InChI is InChI=1S/C22H50P4/c1-17(2)23(15-25(19(5)6)20(7)8)13-14-24(18(3)4)16-26(21(9)10)22(11)12/h17-22H,13-16H2,1-12H3. The Balaban J connectivity index is 4.99. The SMILES string of the molecule is CC(C)P(CCP(CP(C(C)C)C(C)C)C(C)C)CP(C(C)C)C(C)C. The molecule has 0 aliphatic carbocycles. The summed E-state index contributed by atoms with van der Waals surface area (Å²) in [6.45, 7) is 29.8. The average Bonchev–Trinajstić information content (AvgIpc) is 2.47. The predicted molar refractivity (Wildman–Crippen MR) is 138 cm³/mol. The molecule has 2 atom stereocenters. The Hall–Kier alpha value is 1.72. The zero-order chi connectivity index (χ0) is 20.6. The Morgan fingerprint density at radius 2 is 0.615 bits per heavy atom. The van der Waals surface area contributed by atoms with Gasteiger partial charge in [0.25, 0.3) is 0 Å². The molecule has 0 aromatic rings. The van der Waals surface area contributed by atoms with Crippen molar-refractivity contribution in [1.29, 1.82) is 0 Å². The quantitative estimate of drug-likeness (QED) is 0.251. The van der Waals surface area contributed by atoms with E-state index in [2.05, 4.69) is 83.1 Å². The smallest absolute Gasteiger partial charge is 0.0113 e. The maximum Gasteiger partial charge on any atom is -0.0113 e. The van der Waals surface area contributed by atoms with Crippen molar-refractivity contribution in [2.45, 2.75) is 117 Å². The largest absolute Gasteiger partial charge is 0.0993 e. The minimum atomic E-state index is 0.206. The first kappa shape index (κ1) is 27.7. The number of hydrogen-bond donors (Lipinski definition) is 0. The van der Waals surface area contributed by atoms with Crippen molar-refractivity contribution in [2.75, 3.05) is 24.1 Å². The second-order valence-electron chi connectivity index (χ2n) is 9.50. The lowest BCUT2D eigenvalue weighted by atomic mass is 10.5. The fraction of sp³-hybridized carbons (Fsp3) is 1.00. The van der Waals surface area contributed by atoms with Gasteiger partial charge in [-0.1, -0.05) is 115 Å². The van der Waals surface area contributed by atoms with Gasteiger partial charge in [-0.15, -0.1) is 0 Å². The molecular weight excluding hydrogens is 388 g/mol. The monoisotopic (exact) mass is 438 g/mol. The van der Waals surface area contributed by atoms with Crippen LogP contribution in [0.3, 0.4) is 0 Å². The summed E-state index contributed by atoms with van der Waals surface area (Å²) in [5.41, 5.74) is 5.41. The summed E-state index contributed by atoms with van der Waals surface area (Å²) in [6.07, 6.45) is 3.10. The van der Waals surface area contributed by atoms with Crippen LogP contribution in [0, 0.1) is 0 Å². The Labute approximate surface area is 172 Å². The van der Waals surface area contributed by atoms with Gasteiger partial charge in [-0.05, 0) is 58.1 Å². The van der Waals surface area contributed by atoms with E-state index >= 15 is 0 Å². The molecule has 0 fully saturated rings. The van der Waals surface area contributed by atoms with Gasteiger partial charge in [0.15, 0.2) is 0 Å². The molecule has 0 radical (unpaired) electrons. The molecule has 0 aromatic heterocycles. The third-order valence-corrected chi connectivity index (χ3v) is 21.2. The van der Waals surface area contributed by atoms with Crippen molar-refractivity contribution < 1.29 is 0 Å². The highest BCUT2D eigenvalue weighted by atomic mass is 31.2. The number of rotatable bonds is 13. The van der Waals surface area contributed by atoms with E-state index in [1.165, 1.54) is 0 Å². The fourth-order valence-electron chi connectivity index (χ4n) is 3.51. The second-order valence-corrected chi connectivity index (χ2v) is 23.3. The lowest BCUT2D eigenvalue weighted by molar-refractivity contribution is 1.01. The average molecular weight is 439 g/mol. The van der Waals surface area contributed by atoms with Gasteiger partial charge < -0.3 is 0 Å². The van der Waals surface area contributed by atoms with Gasteiger partial charge >= 0.3 is 0 Å². The van der Waals surface area contributed by atoms with Gasteiger partial charge in [0.05, 0.1) is 0 Å². The zero-order valence-corrected chi connectivity index (χ0v) is 23.7. The van der Waals surface area contributed by atoms with Crippen LogP contribution in [0.2, 0.25) is 0 Å². The maximum atomic E-state index is 2.51. The molecule has 158 valence electrons. The van der Waals surface area contributed by atoms with Crippen LogP contribution in [0.1, 0.15) is 83.1 Å². The topological polar surface area (TPSA) is 0 Å². The molecule has 0 rings (SSSR count). The van der Waals surface area contributed by atoms with E-state index in [1.807, 2.05) is 0 Å². The molecule has 0 amide bonds. The van der Waals surface area contributed by atoms with Crippen LogP contribution in [0.4, 0.5) is 0 Å². The lowest BCUT2D eigenvalue weighted by Gasteiger charge is -2.36. The Kier molecular flexibility index (Phi) is 14.8. The zero-order valence-electron chi connectivity index (χ0n) is 20.1. The molecule has 0 bridgehead atoms. The molecule has 0 aliphatic heterocycles. The highest BCUT2D eigenvalue weighted by Crippen LogP contribution is 2.62. The van der Waals surface area contributed by atoms with E-state index in [1.54, 1.807) is 24.1 Å². The normalized spacial score (nSPS) is 15.7. The van der Waals surface area contributed by atoms with Gasteiger partial charge in [-0.2, -0.15) is 0 Å². The highest BCUT2D eigenvalue weighted by molar-refractivity contribution is 7.77. The van der Waals surface area contributed by atoms with E-state index in [4.69, 9.17) is 0 Å². The predicted octanol–water partition coefficient (Wildman–Crippen LogP) is 9.28. The van der Waals surface area contributed by atoms with Gasteiger partial charge in [-0.25, -0.2) is 0 Å². The molecule has 0 N–H and O–H groups in total. The van der Waals surface area contributed by atoms with Gasteiger partial charge in [0.2, 0.25) is 0 Å². The first-order valence-electron chi connectivity index (χ1n) is 10.9. The summed E-state index contributed by atoms with van der Waals surface area (Å²) in [5.74, 6) is 3.14. The summed E-state index contributed by atoms with van der Waals surface area (Å²) in [6, 6.07) is 0. The first-order valence-corrected chi connectivity index (χ1v) is 17.8. The van der Waals surface area contributed by atoms with E-state index < -0.39 is 0 Å². The van der Waals surface area contributed by atoms with Crippen LogP contribution >= 0.6 is 31.7 Å². The molecular formula is C22H50P4. The maximum absolute atomic E-state index is 2.51. The number of hydrogen-bond acceptors (Lipinski definition) is 0. The van der Waals surface area contributed by atoms with Crippen LogP contribution in [0.25, 0.3) is 0 Å². The third-order valence-electron chi connectivity index (χ3n) is 5.48. The van der Waals surface area contributed by atoms with Crippen LogP contribution in [0.15, 0.2) is 0 Å². The Morgan fingerprint density at radius 3 is 0.769 bits per heavy atom. The molecule has 0 saturated carbocycles. The second kappa shape index (κ2) is 13.9. The summed E-state index contributed by atoms with van der Waals surface area (Å²) in [7, 11) is 0.843. The third kappa shape index (κ3) is 10.5. The molecule has 0 heterocycles. The summed E-state index contributed by atoms with van der Waals surface area (Å²) in [5, 5.41) is 0. The summed E-state index contributed by atoms with van der Waals surface area (Å²) >= 11 is 0. The van der Waals surface area contributed by atoms with Gasteiger partial charge in [-0.3, -0.25) is 0 Å². The van der Waals surface area contributed by atoms with Crippen molar-refractivity contribution >= 4 is 31.7 Å². The Bertz CT molecular complexity index is 300. The molecule has 0 aliphatic rings. The van der Waals surface area contributed by atoms with Crippen LogP contribution < -0.4 is 0 Å². The van der Waals surface area contributed by atoms with Crippen LogP contribution in [-0.4, -0.2) is 58.1 Å². The Morgan fingerprint density at radius 1 is 0.385 bits per heavy atom. The van der Waals surface area contributed by atoms with Crippen LogP contribution in [-0.2, 0) is 0 Å². The summed E-state index contributed by atoms with van der Waals surface area (Å²) < 4.78 is 0. The highest BCUT2D eigenvalue weighted by Gasteiger charge is 2.27. The van der Waals surface area contributed by atoms with E-state index in [0.717, 1.165) is 34.0 Å². The molecule has 2 unspecified atom stereocenters. The van der Waals surface area contributed by atoms with Crippen LogP contribution in [0.5, 0.6) is 0 Å². The molecule has 0 saturated heterocycles. The fourth-order valence-corrected chi connectivity index (χ4v) is 21.3. The molecule has 0 aromatic carbocycles. The van der Waals surface area contributed by atoms with Gasteiger partial charge in [0, 0.05) is 0 Å². The first-order chi connectivity index (χ1) is 11.9. The minimum absolute atomic E-state index is 0.206. The van der Waals surface area contributed by atoms with E-state index in [0.29, 0.717) is 0 Å². The minimum Gasteiger partial charge on any atom is -0.0993 e. The van der Waals surface area contributed by atoms with Crippen molar-refractivity contribution in [3.63, 3.8) is 0 Å². The van der Waals surface area contributed by atoms with E-state index in [9.17, 15) is 0 Å². The lowest BCUT2D eigenvalue weighted by Crippen LogP contribution is -2.14. The van der Waals surface area contributed by atoms with Crippen molar-refractivity contribution in [3.8, 4) is 0 Å². The molecule has 0 nitrogen and oxygen atoms in total. The van der Waals surface area contributed by atoms with Crippen molar-refractivity contribution in [1.82, 2.24) is 0 Å². The molecule has 26 heavy (non-hydrogen) atoms. The van der Waals surface area contributed by atoms with Gasteiger partial charge in [0.1, 0.15) is 0 Å². The molecule has 0 spiro atoms. The van der Waals surface area contributed by atoms with Crippen molar-refractivity contribution in [3.05, 3.63) is 0 Å². The van der Waals surface area contributed by atoms with Crippen molar-refractivity contribution in [2.24, 2.45) is 0 Å². The summed E-state index contributed by atoms with van der Waals surface area (Å²) in [4.78, 5) is 0. The van der Waals surface area contributed by atoms with E-state index in [-0.39, 0.29) is 31.7 Å². The molecule has 4 heteroatoms.